The maximum atomic E-state index is 12.7. The first-order chi connectivity index (χ1) is 12.0. The Hall–Kier alpha value is -1.77. The zero-order chi connectivity index (χ0) is 17.9. The molecule has 0 aliphatic carbocycles. The average Bonchev–Trinajstić information content (AvgIpc) is 3.05. The van der Waals surface area contributed by atoms with E-state index < -0.39 is 10.0 Å². The number of hydrogen-bond acceptors (Lipinski definition) is 6. The summed E-state index contributed by atoms with van der Waals surface area (Å²) >= 11 is 0. The summed E-state index contributed by atoms with van der Waals surface area (Å²) in [6, 6.07) is 7.63. The maximum Gasteiger partial charge on any atom is 0.226 e. The molecule has 0 unspecified atom stereocenters. The molecule has 0 spiro atoms. The molecule has 1 aromatic carbocycles. The highest BCUT2D eigenvalue weighted by molar-refractivity contribution is 7.88. The van der Waals surface area contributed by atoms with Crippen molar-refractivity contribution in [2.45, 2.75) is 32.6 Å². The molecule has 0 amide bonds. The van der Waals surface area contributed by atoms with Crippen LogP contribution >= 0.6 is 0 Å². The number of hydrogen-bond donors (Lipinski definition) is 0. The van der Waals surface area contributed by atoms with Gasteiger partial charge in [-0.25, -0.2) is 8.42 Å². The van der Waals surface area contributed by atoms with Crippen LogP contribution in [0.25, 0.3) is 0 Å². The third-order valence-corrected chi connectivity index (χ3v) is 6.33. The van der Waals surface area contributed by atoms with Crippen LogP contribution in [0.5, 0.6) is 0 Å². The minimum absolute atomic E-state index is 0.0599. The van der Waals surface area contributed by atoms with E-state index in [0.717, 1.165) is 17.5 Å². The summed E-state index contributed by atoms with van der Waals surface area (Å²) in [5.74, 6) is 1.35. The van der Waals surface area contributed by atoms with Crippen LogP contribution in [0.3, 0.4) is 0 Å². The van der Waals surface area contributed by atoms with Crippen LogP contribution in [-0.4, -0.2) is 53.9 Å². The summed E-state index contributed by atoms with van der Waals surface area (Å²) in [6.45, 7) is 6.83. The molecule has 0 bridgehead atoms. The molecule has 2 aromatic rings. The van der Waals surface area contributed by atoms with Gasteiger partial charge in [-0.2, -0.15) is 9.29 Å². The van der Waals surface area contributed by atoms with Crippen LogP contribution in [0.2, 0.25) is 0 Å². The van der Waals surface area contributed by atoms with Gasteiger partial charge in [0, 0.05) is 32.6 Å². The Labute approximate surface area is 148 Å². The Kier molecular flexibility index (Phi) is 5.51. The van der Waals surface area contributed by atoms with Crippen LogP contribution in [0, 0.1) is 6.92 Å². The Morgan fingerprint density at radius 2 is 1.88 bits per heavy atom. The molecule has 1 aliphatic heterocycles. The first kappa shape index (κ1) is 18.0. The minimum atomic E-state index is -3.30. The van der Waals surface area contributed by atoms with Crippen molar-refractivity contribution in [2.24, 2.45) is 0 Å². The van der Waals surface area contributed by atoms with Gasteiger partial charge in [-0.15, -0.1) is 0 Å². The Balaban J connectivity index is 1.56. The number of sulfonamides is 1. The lowest BCUT2D eigenvalue weighted by Gasteiger charge is -2.33. The normalized spacial score (nSPS) is 17.0. The summed E-state index contributed by atoms with van der Waals surface area (Å²) in [4.78, 5) is 6.46. The molecule has 7 nitrogen and oxygen atoms in total. The lowest BCUT2D eigenvalue weighted by molar-refractivity contribution is 0.176. The molecule has 3 rings (SSSR count). The van der Waals surface area contributed by atoms with E-state index in [9.17, 15) is 8.42 Å². The summed E-state index contributed by atoms with van der Waals surface area (Å²) in [6.07, 6.45) is 0.720. The summed E-state index contributed by atoms with van der Waals surface area (Å²) < 4.78 is 32.1. The highest BCUT2D eigenvalue weighted by atomic mass is 32.2. The fraction of sp³-hybridized carbons (Fsp3) is 0.529. The second-order valence-corrected chi connectivity index (χ2v) is 8.28. The largest absolute Gasteiger partial charge is 0.339 e. The van der Waals surface area contributed by atoms with Gasteiger partial charge in [-0.1, -0.05) is 36.3 Å². The first-order valence-electron chi connectivity index (χ1n) is 8.54. The summed E-state index contributed by atoms with van der Waals surface area (Å²) in [5, 5.41) is 3.95. The van der Waals surface area contributed by atoms with E-state index in [2.05, 4.69) is 15.0 Å². The van der Waals surface area contributed by atoms with Crippen LogP contribution in [0.4, 0.5) is 0 Å². The number of rotatable bonds is 6. The monoisotopic (exact) mass is 364 g/mol. The van der Waals surface area contributed by atoms with Crippen molar-refractivity contribution in [3.8, 4) is 0 Å². The molecule has 8 heteroatoms. The number of benzene rings is 1. The molecule has 1 aromatic heterocycles. The summed E-state index contributed by atoms with van der Waals surface area (Å²) in [5.41, 5.74) is 1.87. The fourth-order valence-electron chi connectivity index (χ4n) is 2.92. The smallest absolute Gasteiger partial charge is 0.226 e. The highest BCUT2D eigenvalue weighted by Crippen LogP contribution is 2.17. The number of nitrogens with zero attached hydrogens (tertiary/aromatic N) is 4. The molecule has 1 fully saturated rings. The van der Waals surface area contributed by atoms with Gasteiger partial charge in [0.25, 0.3) is 0 Å². The van der Waals surface area contributed by atoms with E-state index in [1.807, 2.05) is 38.1 Å². The molecule has 25 heavy (non-hydrogen) atoms. The highest BCUT2D eigenvalue weighted by Gasteiger charge is 2.28. The number of aryl methyl sites for hydroxylation is 2. The van der Waals surface area contributed by atoms with Crippen molar-refractivity contribution in [2.75, 3.05) is 26.2 Å². The lowest BCUT2D eigenvalue weighted by Crippen LogP contribution is -2.48. The molecule has 136 valence electrons. The quantitative estimate of drug-likeness (QED) is 0.774. The molecule has 0 radical (unpaired) electrons. The number of aromatic nitrogens is 2. The Morgan fingerprint density at radius 3 is 2.52 bits per heavy atom. The van der Waals surface area contributed by atoms with Gasteiger partial charge in [0.1, 0.15) is 0 Å². The minimum Gasteiger partial charge on any atom is -0.339 e. The van der Waals surface area contributed by atoms with E-state index >= 15 is 0 Å². The van der Waals surface area contributed by atoms with Crippen molar-refractivity contribution in [3.05, 3.63) is 47.1 Å². The summed E-state index contributed by atoms with van der Waals surface area (Å²) in [7, 11) is -3.30. The predicted molar refractivity (Wildman–Crippen MR) is 94.3 cm³/mol. The molecule has 1 saturated heterocycles. The van der Waals surface area contributed by atoms with E-state index in [4.69, 9.17) is 4.52 Å². The SMILES string of the molecule is CCc1nc(CN2CCN(S(=O)(=O)Cc3ccccc3C)CC2)no1. The molecule has 0 saturated carbocycles. The lowest BCUT2D eigenvalue weighted by atomic mass is 10.1. The third kappa shape index (κ3) is 4.45. The Bertz CT molecular complexity index is 811. The van der Waals surface area contributed by atoms with Gasteiger partial charge in [0.2, 0.25) is 15.9 Å². The van der Waals surface area contributed by atoms with E-state index in [0.29, 0.717) is 44.4 Å². The van der Waals surface area contributed by atoms with Crippen molar-refractivity contribution >= 4 is 10.0 Å². The molecule has 2 heterocycles. The zero-order valence-corrected chi connectivity index (χ0v) is 15.5. The standard InChI is InChI=1S/C17H24N4O3S/c1-3-17-18-16(19-24-17)12-20-8-10-21(11-9-20)25(22,23)13-15-7-5-4-6-14(15)2/h4-7H,3,8-13H2,1-2H3. The van der Waals surface area contributed by atoms with Crippen LogP contribution in [-0.2, 0) is 28.7 Å². The molecule has 0 N–H and O–H groups in total. The second kappa shape index (κ2) is 7.63. The third-order valence-electron chi connectivity index (χ3n) is 4.50. The van der Waals surface area contributed by atoms with Gasteiger partial charge in [-0.3, -0.25) is 4.90 Å². The fourth-order valence-corrected chi connectivity index (χ4v) is 4.54. The van der Waals surface area contributed by atoms with Gasteiger partial charge >= 0.3 is 0 Å². The van der Waals surface area contributed by atoms with Gasteiger partial charge < -0.3 is 4.52 Å². The van der Waals surface area contributed by atoms with E-state index in [1.165, 1.54) is 0 Å². The van der Waals surface area contributed by atoms with Crippen molar-refractivity contribution < 1.29 is 12.9 Å². The van der Waals surface area contributed by atoms with Crippen molar-refractivity contribution in [3.63, 3.8) is 0 Å². The first-order valence-corrected chi connectivity index (χ1v) is 10.1. The number of piperazine rings is 1. The van der Waals surface area contributed by atoms with E-state index in [1.54, 1.807) is 4.31 Å². The van der Waals surface area contributed by atoms with Gasteiger partial charge in [-0.05, 0) is 18.1 Å². The van der Waals surface area contributed by atoms with Crippen LogP contribution in [0.1, 0.15) is 29.8 Å². The van der Waals surface area contributed by atoms with Crippen LogP contribution < -0.4 is 0 Å². The molecular weight excluding hydrogens is 340 g/mol. The average molecular weight is 364 g/mol. The second-order valence-electron chi connectivity index (χ2n) is 6.32. The van der Waals surface area contributed by atoms with Crippen molar-refractivity contribution in [1.29, 1.82) is 0 Å². The van der Waals surface area contributed by atoms with Gasteiger partial charge in [0.05, 0.1) is 12.3 Å². The molecular formula is C17H24N4O3S. The van der Waals surface area contributed by atoms with Crippen molar-refractivity contribution in [1.82, 2.24) is 19.3 Å². The maximum absolute atomic E-state index is 12.7. The molecule has 1 aliphatic rings. The van der Waals surface area contributed by atoms with Gasteiger partial charge in [0.15, 0.2) is 5.82 Å². The predicted octanol–water partition coefficient (Wildman–Crippen LogP) is 1.59. The molecule has 0 atom stereocenters. The zero-order valence-electron chi connectivity index (χ0n) is 14.7. The topological polar surface area (TPSA) is 79.5 Å². The van der Waals surface area contributed by atoms with E-state index in [-0.39, 0.29) is 5.75 Å². The van der Waals surface area contributed by atoms with Crippen LogP contribution in [0.15, 0.2) is 28.8 Å². The Morgan fingerprint density at radius 1 is 1.16 bits per heavy atom.